The molecular weight excluding hydrogens is 310 g/mol. The second kappa shape index (κ2) is 9.11. The number of ether oxygens (including phenoxy) is 1. The Balaban J connectivity index is 1.38. The molecule has 0 unspecified atom stereocenters. The van der Waals surface area contributed by atoms with Crippen molar-refractivity contribution in [2.75, 3.05) is 20.1 Å². The van der Waals surface area contributed by atoms with E-state index in [1.165, 1.54) is 24.0 Å². The summed E-state index contributed by atoms with van der Waals surface area (Å²) in [6.07, 6.45) is 3.66. The number of guanidine groups is 1. The molecule has 0 radical (unpaired) electrons. The van der Waals surface area contributed by atoms with Crippen LogP contribution in [0.5, 0.6) is 5.75 Å². The van der Waals surface area contributed by atoms with E-state index in [0.717, 1.165) is 37.1 Å². The van der Waals surface area contributed by atoms with Crippen LogP contribution in [0.15, 0.2) is 59.6 Å². The van der Waals surface area contributed by atoms with Gasteiger partial charge in [-0.05, 0) is 48.4 Å². The fourth-order valence-corrected chi connectivity index (χ4v) is 2.60. The summed E-state index contributed by atoms with van der Waals surface area (Å²) < 4.78 is 5.82. The number of rotatable bonds is 8. The molecule has 2 aromatic carbocycles. The standard InChI is InChI=1S/C21H27N3O/c1-22-21(24-15-18-7-8-18)23-14-13-17-9-11-20(12-10-17)25-16-19-5-3-2-4-6-19/h2-6,9-12,18H,7-8,13-16H2,1H3,(H2,22,23,24). The Labute approximate surface area is 150 Å². The van der Waals surface area contributed by atoms with Crippen molar-refractivity contribution in [3.05, 3.63) is 65.7 Å². The van der Waals surface area contributed by atoms with Crippen molar-refractivity contribution in [3.8, 4) is 5.75 Å². The molecule has 1 saturated carbocycles. The van der Waals surface area contributed by atoms with Crippen molar-refractivity contribution in [1.29, 1.82) is 0 Å². The summed E-state index contributed by atoms with van der Waals surface area (Å²) in [5.74, 6) is 2.65. The van der Waals surface area contributed by atoms with Gasteiger partial charge in [-0.3, -0.25) is 4.99 Å². The first-order valence-corrected chi connectivity index (χ1v) is 9.03. The zero-order chi connectivity index (χ0) is 17.3. The predicted molar refractivity (Wildman–Crippen MR) is 103 cm³/mol. The molecule has 3 rings (SSSR count). The third-order valence-corrected chi connectivity index (χ3v) is 4.36. The van der Waals surface area contributed by atoms with E-state index in [1.807, 2.05) is 37.4 Å². The van der Waals surface area contributed by atoms with Gasteiger partial charge in [0.2, 0.25) is 0 Å². The summed E-state index contributed by atoms with van der Waals surface area (Å²) >= 11 is 0. The Kier molecular flexibility index (Phi) is 6.32. The van der Waals surface area contributed by atoms with Crippen molar-refractivity contribution < 1.29 is 4.74 Å². The van der Waals surface area contributed by atoms with Crippen LogP contribution >= 0.6 is 0 Å². The van der Waals surface area contributed by atoms with Gasteiger partial charge >= 0.3 is 0 Å². The average Bonchev–Trinajstić information content (AvgIpc) is 3.49. The lowest BCUT2D eigenvalue weighted by atomic mass is 10.1. The summed E-state index contributed by atoms with van der Waals surface area (Å²) in [4.78, 5) is 4.26. The maximum absolute atomic E-state index is 5.82. The molecule has 132 valence electrons. The third kappa shape index (κ3) is 6.14. The first-order valence-electron chi connectivity index (χ1n) is 9.03. The highest BCUT2D eigenvalue weighted by Gasteiger charge is 2.20. The highest BCUT2D eigenvalue weighted by atomic mass is 16.5. The zero-order valence-corrected chi connectivity index (χ0v) is 14.9. The van der Waals surface area contributed by atoms with E-state index < -0.39 is 0 Å². The van der Waals surface area contributed by atoms with Crippen molar-refractivity contribution >= 4 is 5.96 Å². The van der Waals surface area contributed by atoms with Crippen LogP contribution in [-0.2, 0) is 13.0 Å². The van der Waals surface area contributed by atoms with Gasteiger partial charge in [-0.1, -0.05) is 42.5 Å². The number of hydrogen-bond donors (Lipinski definition) is 2. The van der Waals surface area contributed by atoms with Crippen molar-refractivity contribution in [1.82, 2.24) is 10.6 Å². The van der Waals surface area contributed by atoms with Crippen LogP contribution in [0, 0.1) is 5.92 Å². The summed E-state index contributed by atoms with van der Waals surface area (Å²) in [6, 6.07) is 18.6. The molecule has 1 fully saturated rings. The second-order valence-electron chi connectivity index (χ2n) is 6.49. The molecule has 0 aliphatic heterocycles. The molecule has 1 aliphatic rings. The SMILES string of the molecule is CN=C(NCCc1ccc(OCc2ccccc2)cc1)NCC1CC1. The number of aliphatic imine (C=N–C) groups is 1. The topological polar surface area (TPSA) is 45.7 Å². The van der Waals surface area contributed by atoms with Gasteiger partial charge in [0.1, 0.15) is 12.4 Å². The molecule has 0 bridgehead atoms. The molecule has 2 N–H and O–H groups in total. The van der Waals surface area contributed by atoms with Gasteiger partial charge in [0.25, 0.3) is 0 Å². The largest absolute Gasteiger partial charge is 0.489 e. The van der Waals surface area contributed by atoms with Crippen molar-refractivity contribution in [3.63, 3.8) is 0 Å². The molecular formula is C21H27N3O. The van der Waals surface area contributed by atoms with E-state index in [4.69, 9.17) is 4.74 Å². The van der Waals surface area contributed by atoms with Gasteiger partial charge in [-0.2, -0.15) is 0 Å². The molecule has 0 aromatic heterocycles. The fourth-order valence-electron chi connectivity index (χ4n) is 2.60. The third-order valence-electron chi connectivity index (χ3n) is 4.36. The van der Waals surface area contributed by atoms with Crippen LogP contribution in [0.4, 0.5) is 0 Å². The van der Waals surface area contributed by atoms with E-state index in [-0.39, 0.29) is 0 Å². The van der Waals surface area contributed by atoms with Gasteiger partial charge in [-0.25, -0.2) is 0 Å². The highest BCUT2D eigenvalue weighted by molar-refractivity contribution is 5.79. The van der Waals surface area contributed by atoms with Crippen molar-refractivity contribution in [2.45, 2.75) is 25.9 Å². The minimum atomic E-state index is 0.602. The monoisotopic (exact) mass is 337 g/mol. The maximum atomic E-state index is 5.82. The molecule has 4 nitrogen and oxygen atoms in total. The van der Waals surface area contributed by atoms with Gasteiger partial charge in [0.05, 0.1) is 0 Å². The molecule has 0 heterocycles. The van der Waals surface area contributed by atoms with Gasteiger partial charge in [0, 0.05) is 20.1 Å². The molecule has 0 spiro atoms. The lowest BCUT2D eigenvalue weighted by Gasteiger charge is -2.12. The van der Waals surface area contributed by atoms with Crippen LogP contribution in [0.2, 0.25) is 0 Å². The summed E-state index contributed by atoms with van der Waals surface area (Å²) in [5.41, 5.74) is 2.47. The summed E-state index contributed by atoms with van der Waals surface area (Å²) in [7, 11) is 1.82. The second-order valence-corrected chi connectivity index (χ2v) is 6.49. The van der Waals surface area contributed by atoms with Gasteiger partial charge in [0.15, 0.2) is 5.96 Å². The number of nitrogens with zero attached hydrogens (tertiary/aromatic N) is 1. The first kappa shape index (κ1) is 17.3. The fraction of sp³-hybridized carbons (Fsp3) is 0.381. The summed E-state index contributed by atoms with van der Waals surface area (Å²) in [6.45, 7) is 2.51. The summed E-state index contributed by atoms with van der Waals surface area (Å²) in [5, 5.41) is 6.75. The van der Waals surface area contributed by atoms with E-state index in [0.29, 0.717) is 6.61 Å². The quantitative estimate of drug-likeness (QED) is 0.573. The van der Waals surface area contributed by atoms with Crippen LogP contribution in [0.1, 0.15) is 24.0 Å². The Hall–Kier alpha value is -2.49. The molecule has 1 aliphatic carbocycles. The maximum Gasteiger partial charge on any atom is 0.190 e. The number of nitrogens with one attached hydrogen (secondary N) is 2. The van der Waals surface area contributed by atoms with Gasteiger partial charge < -0.3 is 15.4 Å². The lowest BCUT2D eigenvalue weighted by Crippen LogP contribution is -2.39. The lowest BCUT2D eigenvalue weighted by molar-refractivity contribution is 0.306. The predicted octanol–water partition coefficient (Wildman–Crippen LogP) is 3.38. The molecule has 4 heteroatoms. The van der Waals surface area contributed by atoms with E-state index >= 15 is 0 Å². The van der Waals surface area contributed by atoms with E-state index in [2.05, 4.69) is 39.9 Å². The highest BCUT2D eigenvalue weighted by Crippen LogP contribution is 2.27. The Bertz CT molecular complexity index is 663. The van der Waals surface area contributed by atoms with Crippen LogP contribution in [0.25, 0.3) is 0 Å². The van der Waals surface area contributed by atoms with E-state index in [1.54, 1.807) is 0 Å². The van der Waals surface area contributed by atoms with Gasteiger partial charge in [-0.15, -0.1) is 0 Å². The van der Waals surface area contributed by atoms with Crippen LogP contribution in [0.3, 0.4) is 0 Å². The Morgan fingerprint density at radius 1 is 1.00 bits per heavy atom. The molecule has 25 heavy (non-hydrogen) atoms. The smallest absolute Gasteiger partial charge is 0.190 e. The van der Waals surface area contributed by atoms with E-state index in [9.17, 15) is 0 Å². The average molecular weight is 337 g/mol. The Morgan fingerprint density at radius 3 is 2.44 bits per heavy atom. The molecule has 0 saturated heterocycles. The Morgan fingerprint density at radius 2 is 1.76 bits per heavy atom. The van der Waals surface area contributed by atoms with Crippen LogP contribution < -0.4 is 15.4 Å². The first-order chi connectivity index (χ1) is 12.3. The zero-order valence-electron chi connectivity index (χ0n) is 14.9. The number of hydrogen-bond acceptors (Lipinski definition) is 2. The molecule has 0 amide bonds. The molecule has 2 aromatic rings. The minimum absolute atomic E-state index is 0.602. The minimum Gasteiger partial charge on any atom is -0.489 e. The van der Waals surface area contributed by atoms with Crippen molar-refractivity contribution in [2.24, 2.45) is 10.9 Å². The normalized spacial score (nSPS) is 14.2. The van der Waals surface area contributed by atoms with Crippen LogP contribution in [-0.4, -0.2) is 26.1 Å². The molecule has 0 atom stereocenters. The number of benzene rings is 2.